The van der Waals surface area contributed by atoms with Crippen molar-refractivity contribution in [3.05, 3.63) is 65.4 Å². The highest BCUT2D eigenvalue weighted by atomic mass is 14.8. The van der Waals surface area contributed by atoms with Gasteiger partial charge < -0.3 is 0 Å². The summed E-state index contributed by atoms with van der Waals surface area (Å²) in [5, 5.41) is 39.9. The SMILES string of the molecule is N#CC(C#N)=c1c2ccccc2c(=C(C#N)C#N)c2nc(-c3cccnc3)cnc12. The van der Waals surface area contributed by atoms with Gasteiger partial charge in [0, 0.05) is 28.4 Å². The van der Waals surface area contributed by atoms with Gasteiger partial charge in [-0.05, 0) is 22.9 Å². The summed E-state index contributed by atoms with van der Waals surface area (Å²) in [4.78, 5) is 13.2. The molecule has 7 heteroatoms. The molecule has 0 bridgehead atoms. The first-order chi connectivity index (χ1) is 14.7. The van der Waals surface area contributed by atoms with Crippen LogP contribution < -0.4 is 10.4 Å². The smallest absolute Gasteiger partial charge is 0.139 e. The Morgan fingerprint density at radius 3 is 1.83 bits per heavy atom. The lowest BCUT2D eigenvalue weighted by atomic mass is 9.98. The van der Waals surface area contributed by atoms with Crippen molar-refractivity contribution in [2.75, 3.05) is 0 Å². The maximum absolute atomic E-state index is 9.58. The maximum atomic E-state index is 9.58. The molecule has 0 saturated carbocycles. The van der Waals surface area contributed by atoms with E-state index in [0.29, 0.717) is 32.5 Å². The third kappa shape index (κ3) is 2.77. The van der Waals surface area contributed by atoms with E-state index < -0.39 is 0 Å². The number of aromatic nitrogens is 3. The van der Waals surface area contributed by atoms with E-state index in [9.17, 15) is 21.0 Å². The van der Waals surface area contributed by atoms with Gasteiger partial charge in [-0.2, -0.15) is 21.0 Å². The zero-order valence-corrected chi connectivity index (χ0v) is 15.3. The average molecular weight is 383 g/mol. The highest BCUT2D eigenvalue weighted by molar-refractivity contribution is 6.03. The zero-order chi connectivity index (χ0) is 21.1. The van der Waals surface area contributed by atoms with Crippen molar-refractivity contribution in [1.29, 1.82) is 21.0 Å². The van der Waals surface area contributed by atoms with Crippen molar-refractivity contribution in [3.8, 4) is 35.5 Å². The number of rotatable bonds is 1. The molecule has 30 heavy (non-hydrogen) atoms. The highest BCUT2D eigenvalue weighted by Gasteiger charge is 2.15. The summed E-state index contributed by atoms with van der Waals surface area (Å²) in [6, 6.07) is 18.2. The molecule has 0 saturated heterocycles. The predicted octanol–water partition coefficient (Wildman–Crippen LogP) is 2.24. The monoisotopic (exact) mass is 383 g/mol. The van der Waals surface area contributed by atoms with Crippen LogP contribution in [0.3, 0.4) is 0 Å². The van der Waals surface area contributed by atoms with Crippen LogP contribution in [0.2, 0.25) is 0 Å². The van der Waals surface area contributed by atoms with Gasteiger partial charge in [0.25, 0.3) is 0 Å². The second-order valence-corrected chi connectivity index (χ2v) is 6.19. The van der Waals surface area contributed by atoms with Crippen LogP contribution in [0.5, 0.6) is 0 Å². The van der Waals surface area contributed by atoms with Crippen molar-refractivity contribution in [2.45, 2.75) is 0 Å². The Balaban J connectivity index is 2.41. The fourth-order valence-electron chi connectivity index (χ4n) is 3.35. The number of hydrogen-bond donors (Lipinski definition) is 0. The fraction of sp³-hybridized carbons (Fsp3) is 0. The van der Waals surface area contributed by atoms with E-state index in [1.54, 1.807) is 42.7 Å². The second-order valence-electron chi connectivity index (χ2n) is 6.19. The minimum Gasteiger partial charge on any atom is -0.264 e. The summed E-state index contributed by atoms with van der Waals surface area (Å²) in [6.07, 6.45) is 4.78. The second kappa shape index (κ2) is 7.49. The standard InChI is InChI=1S/C23H9N7/c24-8-15(9-25)20-17-5-1-2-6-18(17)21(16(10-26)11-27)23-22(20)29-13-19(30-23)14-4-3-7-28-12-14/h1-7,12-13H. The van der Waals surface area contributed by atoms with Crippen LogP contribution in [0.15, 0.2) is 55.0 Å². The van der Waals surface area contributed by atoms with Crippen molar-refractivity contribution in [1.82, 2.24) is 15.0 Å². The van der Waals surface area contributed by atoms with Crippen molar-refractivity contribution in [2.24, 2.45) is 0 Å². The fourth-order valence-corrected chi connectivity index (χ4v) is 3.35. The minimum absolute atomic E-state index is 0.123. The van der Waals surface area contributed by atoms with Gasteiger partial charge in [0.15, 0.2) is 0 Å². The van der Waals surface area contributed by atoms with Gasteiger partial charge in [0.05, 0.1) is 17.4 Å². The van der Waals surface area contributed by atoms with Gasteiger partial charge in [0.2, 0.25) is 0 Å². The van der Waals surface area contributed by atoms with Gasteiger partial charge in [-0.1, -0.05) is 24.3 Å². The summed E-state index contributed by atoms with van der Waals surface area (Å²) < 4.78 is 0. The molecule has 4 rings (SSSR count). The molecule has 0 atom stereocenters. The van der Waals surface area contributed by atoms with E-state index in [1.165, 1.54) is 6.20 Å². The largest absolute Gasteiger partial charge is 0.264 e. The summed E-state index contributed by atoms with van der Waals surface area (Å²) in [7, 11) is 0. The molecule has 0 radical (unpaired) electrons. The van der Waals surface area contributed by atoms with Crippen LogP contribution in [0, 0.1) is 45.3 Å². The molecule has 0 amide bonds. The van der Waals surface area contributed by atoms with Gasteiger partial charge in [0.1, 0.15) is 40.9 Å². The molecule has 0 aliphatic carbocycles. The minimum atomic E-state index is -0.129. The quantitative estimate of drug-likeness (QED) is 0.460. The number of fused-ring (bicyclic) bond motifs is 2. The molecule has 0 aliphatic rings. The Kier molecular flexibility index (Phi) is 4.56. The Hall–Kier alpha value is -5.11. The first-order valence-electron chi connectivity index (χ1n) is 8.70. The van der Waals surface area contributed by atoms with E-state index in [4.69, 9.17) is 0 Å². The number of nitrogens with zero attached hydrogens (tertiary/aromatic N) is 7. The molecular formula is C23H9N7. The van der Waals surface area contributed by atoms with E-state index in [-0.39, 0.29) is 22.2 Å². The number of hydrogen-bond acceptors (Lipinski definition) is 7. The normalized spacial score (nSPS) is 9.87. The van der Waals surface area contributed by atoms with E-state index in [1.807, 2.05) is 30.3 Å². The molecule has 0 fully saturated rings. The van der Waals surface area contributed by atoms with Gasteiger partial charge in [-0.3, -0.25) is 9.97 Å². The van der Waals surface area contributed by atoms with Crippen LogP contribution in [0.25, 0.3) is 44.2 Å². The first-order valence-corrected chi connectivity index (χ1v) is 8.70. The molecule has 0 spiro atoms. The lowest BCUT2D eigenvalue weighted by Gasteiger charge is -2.08. The molecule has 0 aliphatic heterocycles. The summed E-state index contributed by atoms with van der Waals surface area (Å²) in [6.45, 7) is 0. The molecule has 0 N–H and O–H groups in total. The first kappa shape index (κ1) is 18.3. The zero-order valence-electron chi connectivity index (χ0n) is 15.3. The molecule has 2 heterocycles. The van der Waals surface area contributed by atoms with Crippen molar-refractivity contribution >= 4 is 33.0 Å². The van der Waals surface area contributed by atoms with Crippen molar-refractivity contribution in [3.63, 3.8) is 0 Å². The third-order valence-corrected chi connectivity index (χ3v) is 4.62. The summed E-state index contributed by atoms with van der Waals surface area (Å²) >= 11 is 0. The topological polar surface area (TPSA) is 134 Å². The average Bonchev–Trinajstić information content (AvgIpc) is 2.81. The van der Waals surface area contributed by atoms with E-state index >= 15 is 0 Å². The lowest BCUT2D eigenvalue weighted by Crippen LogP contribution is -2.20. The van der Waals surface area contributed by atoms with Crippen LogP contribution in [-0.2, 0) is 0 Å². The number of pyridine rings is 1. The molecule has 2 aromatic heterocycles. The Labute approximate surface area is 170 Å². The van der Waals surface area contributed by atoms with Crippen LogP contribution in [-0.4, -0.2) is 15.0 Å². The molecule has 4 aromatic rings. The van der Waals surface area contributed by atoms with E-state index in [0.717, 1.165) is 0 Å². The molecule has 136 valence electrons. The van der Waals surface area contributed by atoms with Crippen LogP contribution in [0.1, 0.15) is 0 Å². The molecular weight excluding hydrogens is 374 g/mol. The Morgan fingerprint density at radius 2 is 1.30 bits per heavy atom. The Bertz CT molecular complexity index is 1590. The van der Waals surface area contributed by atoms with Gasteiger partial charge >= 0.3 is 0 Å². The number of nitriles is 4. The predicted molar refractivity (Wildman–Crippen MR) is 109 cm³/mol. The lowest BCUT2D eigenvalue weighted by molar-refractivity contribution is 1.25. The highest BCUT2D eigenvalue weighted by Crippen LogP contribution is 2.19. The molecule has 2 aromatic carbocycles. The molecule has 7 nitrogen and oxygen atoms in total. The molecule has 0 unspecified atom stereocenters. The van der Waals surface area contributed by atoms with E-state index in [2.05, 4.69) is 15.0 Å². The van der Waals surface area contributed by atoms with Crippen LogP contribution in [0.4, 0.5) is 0 Å². The third-order valence-electron chi connectivity index (χ3n) is 4.62. The van der Waals surface area contributed by atoms with Crippen molar-refractivity contribution < 1.29 is 0 Å². The van der Waals surface area contributed by atoms with Gasteiger partial charge in [-0.15, -0.1) is 0 Å². The van der Waals surface area contributed by atoms with Gasteiger partial charge in [-0.25, -0.2) is 4.98 Å². The summed E-state index contributed by atoms with van der Waals surface area (Å²) in [5.74, 6) is 0. The Morgan fingerprint density at radius 1 is 0.700 bits per heavy atom. The van der Waals surface area contributed by atoms with Crippen LogP contribution >= 0.6 is 0 Å². The maximum Gasteiger partial charge on any atom is 0.139 e. The number of benzene rings is 2. The summed E-state index contributed by atoms with van der Waals surface area (Å²) in [5.41, 5.74) is 1.48.